The Morgan fingerprint density at radius 1 is 1.25 bits per heavy atom. The summed E-state index contributed by atoms with van der Waals surface area (Å²) in [4.78, 5) is 0. The maximum Gasteiger partial charge on any atom is 0.0506 e. The first-order valence-corrected chi connectivity index (χ1v) is 7.13. The molecule has 0 amide bonds. The molecule has 0 aromatic carbocycles. The maximum atomic E-state index is 5.52. The molecule has 0 aromatic rings. The molecule has 2 fully saturated rings. The molecule has 1 heterocycles. The number of ether oxygens (including phenoxy) is 1. The lowest BCUT2D eigenvalue weighted by atomic mass is 9.83. The highest BCUT2D eigenvalue weighted by Crippen LogP contribution is 2.40. The van der Waals surface area contributed by atoms with E-state index in [2.05, 4.69) is 12.2 Å². The Hall–Kier alpha value is -0.0800. The summed E-state index contributed by atoms with van der Waals surface area (Å²) in [6, 6.07) is 0. The Morgan fingerprint density at radius 2 is 2.06 bits per heavy atom. The van der Waals surface area contributed by atoms with Crippen molar-refractivity contribution in [2.45, 2.75) is 51.9 Å². The molecule has 94 valence electrons. The van der Waals surface area contributed by atoms with Crippen LogP contribution in [0.2, 0.25) is 0 Å². The van der Waals surface area contributed by atoms with E-state index < -0.39 is 0 Å². The van der Waals surface area contributed by atoms with Gasteiger partial charge in [-0.05, 0) is 43.4 Å². The van der Waals surface area contributed by atoms with Crippen LogP contribution >= 0.6 is 0 Å². The van der Waals surface area contributed by atoms with Crippen LogP contribution in [0.3, 0.4) is 0 Å². The highest BCUT2D eigenvalue weighted by Gasteiger charge is 2.31. The van der Waals surface area contributed by atoms with E-state index in [1.165, 1.54) is 58.0 Å². The van der Waals surface area contributed by atoms with Gasteiger partial charge in [0.2, 0.25) is 0 Å². The van der Waals surface area contributed by atoms with Gasteiger partial charge >= 0.3 is 0 Å². The van der Waals surface area contributed by atoms with Crippen LogP contribution in [-0.4, -0.2) is 26.3 Å². The fraction of sp³-hybridized carbons (Fsp3) is 1.00. The quantitative estimate of drug-likeness (QED) is 0.776. The molecule has 0 radical (unpaired) electrons. The van der Waals surface area contributed by atoms with Gasteiger partial charge in [-0.1, -0.05) is 19.8 Å². The molecular weight excluding hydrogens is 198 g/mol. The first-order chi connectivity index (χ1) is 7.85. The van der Waals surface area contributed by atoms with Crippen LogP contribution in [-0.2, 0) is 4.74 Å². The SMILES string of the molecule is CCC1(CNCC2CCCOC2)CCCC1. The lowest BCUT2D eigenvalue weighted by Gasteiger charge is -2.30. The summed E-state index contributed by atoms with van der Waals surface area (Å²) < 4.78 is 5.52. The first kappa shape index (κ1) is 12.4. The van der Waals surface area contributed by atoms with Gasteiger partial charge in [-0.2, -0.15) is 0 Å². The third kappa shape index (κ3) is 3.21. The van der Waals surface area contributed by atoms with Crippen LogP contribution in [0.4, 0.5) is 0 Å². The van der Waals surface area contributed by atoms with Gasteiger partial charge in [0.05, 0.1) is 6.61 Å². The van der Waals surface area contributed by atoms with E-state index in [0.29, 0.717) is 5.41 Å². The van der Waals surface area contributed by atoms with Gasteiger partial charge in [-0.3, -0.25) is 0 Å². The molecule has 1 saturated heterocycles. The molecule has 16 heavy (non-hydrogen) atoms. The Labute approximate surface area is 100 Å². The van der Waals surface area contributed by atoms with Crippen molar-refractivity contribution in [3.63, 3.8) is 0 Å². The molecule has 1 saturated carbocycles. The van der Waals surface area contributed by atoms with Gasteiger partial charge in [0.15, 0.2) is 0 Å². The molecule has 1 atom stereocenters. The number of hydrogen-bond donors (Lipinski definition) is 1. The molecule has 1 unspecified atom stereocenters. The van der Waals surface area contributed by atoms with Crippen LogP contribution < -0.4 is 5.32 Å². The molecule has 1 aliphatic carbocycles. The molecule has 2 aliphatic rings. The first-order valence-electron chi connectivity index (χ1n) is 7.13. The predicted molar refractivity (Wildman–Crippen MR) is 67.6 cm³/mol. The van der Waals surface area contributed by atoms with Crippen molar-refractivity contribution in [2.24, 2.45) is 11.3 Å². The van der Waals surface area contributed by atoms with Crippen LogP contribution in [0.1, 0.15) is 51.9 Å². The summed E-state index contributed by atoms with van der Waals surface area (Å²) in [6.07, 6.45) is 9.73. The Morgan fingerprint density at radius 3 is 2.69 bits per heavy atom. The number of rotatable bonds is 5. The molecule has 1 aliphatic heterocycles. The lowest BCUT2D eigenvalue weighted by molar-refractivity contribution is 0.0535. The minimum atomic E-state index is 0.634. The largest absolute Gasteiger partial charge is 0.381 e. The van der Waals surface area contributed by atoms with E-state index in [-0.39, 0.29) is 0 Å². The summed E-state index contributed by atoms with van der Waals surface area (Å²) in [5, 5.41) is 3.71. The van der Waals surface area contributed by atoms with E-state index >= 15 is 0 Å². The highest BCUT2D eigenvalue weighted by molar-refractivity contribution is 4.85. The highest BCUT2D eigenvalue weighted by atomic mass is 16.5. The van der Waals surface area contributed by atoms with E-state index in [4.69, 9.17) is 4.74 Å². The number of nitrogens with one attached hydrogen (secondary N) is 1. The molecule has 2 nitrogen and oxygen atoms in total. The zero-order valence-electron chi connectivity index (χ0n) is 10.8. The Kier molecular flexibility index (Phi) is 4.66. The van der Waals surface area contributed by atoms with E-state index in [0.717, 1.165) is 19.1 Å². The van der Waals surface area contributed by atoms with Gasteiger partial charge in [-0.15, -0.1) is 0 Å². The zero-order chi connectivity index (χ0) is 11.3. The molecule has 2 rings (SSSR count). The van der Waals surface area contributed by atoms with Crippen molar-refractivity contribution in [1.29, 1.82) is 0 Å². The van der Waals surface area contributed by atoms with Gasteiger partial charge in [0.25, 0.3) is 0 Å². The minimum Gasteiger partial charge on any atom is -0.381 e. The molecule has 0 aromatic heterocycles. The Balaban J connectivity index is 1.66. The predicted octanol–water partition coefficient (Wildman–Crippen LogP) is 2.97. The van der Waals surface area contributed by atoms with Crippen molar-refractivity contribution in [1.82, 2.24) is 5.32 Å². The van der Waals surface area contributed by atoms with E-state index in [1.807, 2.05) is 0 Å². The fourth-order valence-corrected chi connectivity index (χ4v) is 3.29. The lowest BCUT2D eigenvalue weighted by Crippen LogP contribution is -2.36. The molecule has 0 bridgehead atoms. The van der Waals surface area contributed by atoms with E-state index in [9.17, 15) is 0 Å². The van der Waals surface area contributed by atoms with Gasteiger partial charge in [0.1, 0.15) is 0 Å². The Bertz CT molecular complexity index is 193. The van der Waals surface area contributed by atoms with Crippen LogP contribution in [0.15, 0.2) is 0 Å². The smallest absolute Gasteiger partial charge is 0.0506 e. The maximum absolute atomic E-state index is 5.52. The van der Waals surface area contributed by atoms with Crippen molar-refractivity contribution >= 4 is 0 Å². The van der Waals surface area contributed by atoms with Crippen LogP contribution in [0.25, 0.3) is 0 Å². The summed E-state index contributed by atoms with van der Waals surface area (Å²) >= 11 is 0. The average Bonchev–Trinajstić information content (AvgIpc) is 2.80. The third-order valence-electron chi connectivity index (χ3n) is 4.60. The molecule has 1 N–H and O–H groups in total. The second-order valence-electron chi connectivity index (χ2n) is 5.77. The third-order valence-corrected chi connectivity index (χ3v) is 4.60. The van der Waals surface area contributed by atoms with Crippen LogP contribution in [0.5, 0.6) is 0 Å². The summed E-state index contributed by atoms with van der Waals surface area (Å²) in [5.41, 5.74) is 0.634. The monoisotopic (exact) mass is 225 g/mol. The van der Waals surface area contributed by atoms with Gasteiger partial charge < -0.3 is 10.1 Å². The standard InChI is InChI=1S/C14H27NO/c1-2-14(7-3-4-8-14)12-15-10-13-6-5-9-16-11-13/h13,15H,2-12H2,1H3. The normalized spacial score (nSPS) is 29.4. The second kappa shape index (κ2) is 6.02. The van der Waals surface area contributed by atoms with E-state index in [1.54, 1.807) is 0 Å². The zero-order valence-corrected chi connectivity index (χ0v) is 10.8. The summed E-state index contributed by atoms with van der Waals surface area (Å²) in [6.45, 7) is 6.72. The topological polar surface area (TPSA) is 21.3 Å². The molecule has 2 heteroatoms. The summed E-state index contributed by atoms with van der Waals surface area (Å²) in [7, 11) is 0. The minimum absolute atomic E-state index is 0.634. The van der Waals surface area contributed by atoms with Crippen LogP contribution in [0, 0.1) is 11.3 Å². The van der Waals surface area contributed by atoms with Crippen molar-refractivity contribution < 1.29 is 4.74 Å². The average molecular weight is 225 g/mol. The van der Waals surface area contributed by atoms with Gasteiger partial charge in [-0.25, -0.2) is 0 Å². The van der Waals surface area contributed by atoms with Gasteiger partial charge in [0, 0.05) is 19.7 Å². The summed E-state index contributed by atoms with van der Waals surface area (Å²) in [5.74, 6) is 0.768. The van der Waals surface area contributed by atoms with Crippen molar-refractivity contribution in [2.75, 3.05) is 26.3 Å². The van der Waals surface area contributed by atoms with Crippen molar-refractivity contribution in [3.8, 4) is 0 Å². The second-order valence-corrected chi connectivity index (χ2v) is 5.77. The fourth-order valence-electron chi connectivity index (χ4n) is 3.29. The number of hydrogen-bond acceptors (Lipinski definition) is 2. The molecule has 0 spiro atoms. The molecular formula is C14H27NO. The van der Waals surface area contributed by atoms with Crippen molar-refractivity contribution in [3.05, 3.63) is 0 Å².